The molecule has 3 nitrogen and oxygen atoms in total. The van der Waals surface area contributed by atoms with E-state index in [1.165, 1.54) is 24.3 Å². The summed E-state index contributed by atoms with van der Waals surface area (Å²) in [4.78, 5) is -0.196. The van der Waals surface area contributed by atoms with Gasteiger partial charge in [-0.2, -0.15) is 0 Å². The highest BCUT2D eigenvalue weighted by atomic mass is 32.2. The minimum absolute atomic E-state index is 0.0189. The third-order valence-corrected chi connectivity index (χ3v) is 4.36. The summed E-state index contributed by atoms with van der Waals surface area (Å²) in [6, 6.07) is 5.47. The number of halogens is 1. The lowest BCUT2D eigenvalue weighted by Gasteiger charge is -2.27. The molecule has 82 valence electrons. The van der Waals surface area contributed by atoms with Gasteiger partial charge in [0.25, 0.3) is 0 Å². The van der Waals surface area contributed by atoms with Crippen LogP contribution in [0.3, 0.4) is 0 Å². The Hall–Kier alpha value is -0.940. The molecule has 2 rings (SSSR count). The van der Waals surface area contributed by atoms with Crippen LogP contribution in [-0.4, -0.2) is 26.8 Å². The quantitative estimate of drug-likeness (QED) is 0.839. The molecule has 0 aliphatic carbocycles. The van der Waals surface area contributed by atoms with E-state index in [0.29, 0.717) is 0 Å². The van der Waals surface area contributed by atoms with E-state index in [2.05, 4.69) is 5.32 Å². The average molecular weight is 229 g/mol. The lowest BCUT2D eigenvalue weighted by atomic mass is 10.1. The van der Waals surface area contributed by atoms with E-state index in [0.717, 1.165) is 13.0 Å². The molecule has 0 radical (unpaired) electrons. The molecule has 0 saturated carbocycles. The highest BCUT2D eigenvalue weighted by Crippen LogP contribution is 2.18. The molecule has 15 heavy (non-hydrogen) atoms. The molecular weight excluding hydrogens is 217 g/mol. The van der Waals surface area contributed by atoms with Gasteiger partial charge in [0.15, 0.2) is 9.84 Å². The molecule has 1 heterocycles. The molecule has 0 aromatic heterocycles. The van der Waals surface area contributed by atoms with Crippen molar-refractivity contribution in [3.63, 3.8) is 0 Å². The van der Waals surface area contributed by atoms with Crippen LogP contribution < -0.4 is 5.32 Å². The number of hydrogen-bond acceptors (Lipinski definition) is 3. The zero-order valence-corrected chi connectivity index (χ0v) is 8.93. The van der Waals surface area contributed by atoms with Gasteiger partial charge >= 0.3 is 0 Å². The predicted octanol–water partition coefficient (Wildman–Crippen LogP) is 0.961. The van der Waals surface area contributed by atoms with Crippen molar-refractivity contribution < 1.29 is 12.8 Å². The number of sulfone groups is 1. The Morgan fingerprint density at radius 1 is 1.40 bits per heavy atom. The first-order chi connectivity index (χ1) is 7.09. The third kappa shape index (κ3) is 2.18. The Labute approximate surface area is 88.2 Å². The third-order valence-electron chi connectivity index (χ3n) is 2.52. The van der Waals surface area contributed by atoms with E-state index in [9.17, 15) is 12.8 Å². The van der Waals surface area contributed by atoms with Crippen molar-refractivity contribution in [3.8, 4) is 0 Å². The largest absolute Gasteiger partial charge is 0.313 e. The summed E-state index contributed by atoms with van der Waals surface area (Å²) in [6.45, 7) is 0.845. The Bertz CT molecular complexity index is 454. The Morgan fingerprint density at radius 3 is 2.60 bits per heavy atom. The fraction of sp³-hybridized carbons (Fsp3) is 0.400. The van der Waals surface area contributed by atoms with Gasteiger partial charge in [-0.25, -0.2) is 12.8 Å². The van der Waals surface area contributed by atoms with Crippen LogP contribution in [0.25, 0.3) is 0 Å². The van der Waals surface area contributed by atoms with E-state index in [1.807, 2.05) is 0 Å². The number of rotatable bonds is 3. The molecular formula is C10H12FNO2S. The SMILES string of the molecule is O=S(=O)(CC1CCN1)c1ccccc1F. The van der Waals surface area contributed by atoms with Crippen molar-refractivity contribution in [1.29, 1.82) is 0 Å². The van der Waals surface area contributed by atoms with E-state index in [-0.39, 0.29) is 16.7 Å². The van der Waals surface area contributed by atoms with E-state index >= 15 is 0 Å². The first-order valence-corrected chi connectivity index (χ1v) is 6.45. The van der Waals surface area contributed by atoms with E-state index < -0.39 is 15.7 Å². The van der Waals surface area contributed by atoms with Crippen LogP contribution in [0, 0.1) is 5.82 Å². The highest BCUT2D eigenvalue weighted by Gasteiger charge is 2.26. The second-order valence-corrected chi connectivity index (χ2v) is 5.65. The van der Waals surface area contributed by atoms with Crippen molar-refractivity contribution in [2.24, 2.45) is 0 Å². The van der Waals surface area contributed by atoms with Crippen LogP contribution >= 0.6 is 0 Å². The molecule has 0 bridgehead atoms. The normalized spacial score (nSPS) is 21.0. The van der Waals surface area contributed by atoms with Gasteiger partial charge in [-0.05, 0) is 25.1 Å². The molecule has 0 spiro atoms. The molecule has 1 N–H and O–H groups in total. The summed E-state index contributed by atoms with van der Waals surface area (Å²) >= 11 is 0. The summed E-state index contributed by atoms with van der Waals surface area (Å²) in [5.41, 5.74) is 0. The Kier molecular flexibility index (Phi) is 2.75. The second kappa shape index (κ2) is 3.90. The molecule has 1 unspecified atom stereocenters. The standard InChI is InChI=1S/C10H12FNO2S/c11-9-3-1-2-4-10(9)15(13,14)7-8-5-6-12-8/h1-4,8,12H,5-7H2. The van der Waals surface area contributed by atoms with Gasteiger partial charge in [0, 0.05) is 6.04 Å². The van der Waals surface area contributed by atoms with Crippen molar-refractivity contribution in [2.75, 3.05) is 12.3 Å². The Balaban J connectivity index is 2.24. The molecule has 1 aromatic rings. The van der Waals surface area contributed by atoms with Crippen LogP contribution in [0.4, 0.5) is 4.39 Å². The van der Waals surface area contributed by atoms with Crippen LogP contribution in [0.1, 0.15) is 6.42 Å². The van der Waals surface area contributed by atoms with Gasteiger partial charge in [-0.3, -0.25) is 0 Å². The molecule has 1 atom stereocenters. The minimum atomic E-state index is -3.49. The second-order valence-electron chi connectivity index (χ2n) is 3.65. The lowest BCUT2D eigenvalue weighted by molar-refractivity contribution is 0.398. The van der Waals surface area contributed by atoms with Gasteiger partial charge in [0.1, 0.15) is 10.7 Å². The van der Waals surface area contributed by atoms with Gasteiger partial charge < -0.3 is 5.32 Å². The van der Waals surface area contributed by atoms with Crippen LogP contribution in [0.15, 0.2) is 29.2 Å². The smallest absolute Gasteiger partial charge is 0.182 e. The zero-order valence-electron chi connectivity index (χ0n) is 8.11. The first-order valence-electron chi connectivity index (χ1n) is 4.80. The van der Waals surface area contributed by atoms with Gasteiger partial charge in [0.05, 0.1) is 5.75 Å². The molecule has 1 aliphatic heterocycles. The molecule has 0 amide bonds. The summed E-state index contributed by atoms with van der Waals surface area (Å²) in [5.74, 6) is -0.690. The topological polar surface area (TPSA) is 46.2 Å². The highest BCUT2D eigenvalue weighted by molar-refractivity contribution is 7.91. The summed E-state index contributed by atoms with van der Waals surface area (Å²) in [6.07, 6.45) is 0.841. The lowest BCUT2D eigenvalue weighted by Crippen LogP contribution is -2.47. The van der Waals surface area contributed by atoms with Crippen molar-refractivity contribution in [1.82, 2.24) is 5.32 Å². The fourth-order valence-corrected chi connectivity index (χ4v) is 3.19. The monoisotopic (exact) mass is 229 g/mol. The summed E-state index contributed by atoms with van der Waals surface area (Å²) < 4.78 is 36.8. The predicted molar refractivity (Wildman–Crippen MR) is 54.9 cm³/mol. The Morgan fingerprint density at radius 2 is 2.07 bits per heavy atom. The van der Waals surface area contributed by atoms with Crippen molar-refractivity contribution in [3.05, 3.63) is 30.1 Å². The number of benzene rings is 1. The molecule has 1 aromatic carbocycles. The molecule has 1 fully saturated rings. The van der Waals surface area contributed by atoms with E-state index in [4.69, 9.17) is 0 Å². The van der Waals surface area contributed by atoms with Gasteiger partial charge in [0.2, 0.25) is 0 Å². The fourth-order valence-electron chi connectivity index (χ4n) is 1.54. The van der Waals surface area contributed by atoms with Crippen molar-refractivity contribution in [2.45, 2.75) is 17.4 Å². The summed E-state index contributed by atoms with van der Waals surface area (Å²) in [5, 5.41) is 2.99. The van der Waals surface area contributed by atoms with Gasteiger partial charge in [-0.15, -0.1) is 0 Å². The van der Waals surface area contributed by atoms with Gasteiger partial charge in [-0.1, -0.05) is 12.1 Å². The maximum Gasteiger partial charge on any atom is 0.182 e. The summed E-state index contributed by atoms with van der Waals surface area (Å²) in [7, 11) is -3.49. The first kappa shape index (κ1) is 10.6. The van der Waals surface area contributed by atoms with Crippen LogP contribution in [0.2, 0.25) is 0 Å². The van der Waals surface area contributed by atoms with Crippen LogP contribution in [-0.2, 0) is 9.84 Å². The average Bonchev–Trinajstić information content (AvgIpc) is 2.12. The minimum Gasteiger partial charge on any atom is -0.313 e. The molecule has 1 aliphatic rings. The number of hydrogen-bond donors (Lipinski definition) is 1. The number of nitrogens with one attached hydrogen (secondary N) is 1. The maximum atomic E-state index is 13.3. The van der Waals surface area contributed by atoms with E-state index in [1.54, 1.807) is 0 Å². The van der Waals surface area contributed by atoms with Crippen LogP contribution in [0.5, 0.6) is 0 Å². The zero-order chi connectivity index (χ0) is 10.9. The maximum absolute atomic E-state index is 13.3. The molecule has 1 saturated heterocycles. The van der Waals surface area contributed by atoms with Crippen molar-refractivity contribution >= 4 is 9.84 Å². The molecule has 5 heteroatoms.